The summed E-state index contributed by atoms with van der Waals surface area (Å²) in [4.78, 5) is 13.0. The van der Waals surface area contributed by atoms with Gasteiger partial charge in [0.15, 0.2) is 11.5 Å². The van der Waals surface area contributed by atoms with Gasteiger partial charge in [0.25, 0.3) is 0 Å². The molecule has 0 fully saturated rings. The van der Waals surface area contributed by atoms with E-state index >= 15 is 0 Å². The molecule has 0 amide bonds. The topological polar surface area (TPSA) is 58.9 Å². The highest BCUT2D eigenvalue weighted by Gasteiger charge is 2.31. The first kappa shape index (κ1) is 13.8. The van der Waals surface area contributed by atoms with Gasteiger partial charge in [-0.05, 0) is 12.1 Å². The molecular formula is C17H15NO5. The van der Waals surface area contributed by atoms with Crippen LogP contribution in [0.5, 0.6) is 23.0 Å². The van der Waals surface area contributed by atoms with E-state index in [9.17, 15) is 4.79 Å². The van der Waals surface area contributed by atoms with Crippen LogP contribution in [-0.2, 0) is 7.05 Å². The minimum atomic E-state index is -0.114. The highest BCUT2D eigenvalue weighted by Crippen LogP contribution is 2.52. The zero-order chi connectivity index (χ0) is 16.1. The average molecular weight is 313 g/mol. The zero-order valence-corrected chi connectivity index (χ0v) is 13.0. The minimum absolute atomic E-state index is 0.0456. The Balaban J connectivity index is 2.36. The lowest BCUT2D eigenvalue weighted by Gasteiger charge is -2.17. The molecule has 0 unspecified atom stereocenters. The molecule has 1 aliphatic heterocycles. The fourth-order valence-corrected chi connectivity index (χ4v) is 3.18. The molecule has 0 N–H and O–H groups in total. The number of aryl methyl sites for hydroxylation is 1. The van der Waals surface area contributed by atoms with Crippen LogP contribution in [0.2, 0.25) is 0 Å². The number of nitrogens with zero attached hydrogens (tertiary/aromatic N) is 1. The molecule has 0 aliphatic carbocycles. The fourth-order valence-electron chi connectivity index (χ4n) is 3.18. The van der Waals surface area contributed by atoms with Crippen LogP contribution in [0.4, 0.5) is 0 Å². The lowest BCUT2D eigenvalue weighted by Crippen LogP contribution is -2.11. The smallest absolute Gasteiger partial charge is 0.231 e. The molecule has 1 aliphatic rings. The molecule has 4 rings (SSSR count). The largest absolute Gasteiger partial charge is 0.491 e. The van der Waals surface area contributed by atoms with Crippen LogP contribution in [0.25, 0.3) is 21.8 Å². The van der Waals surface area contributed by atoms with Gasteiger partial charge in [-0.25, -0.2) is 0 Å². The maximum atomic E-state index is 13.0. The van der Waals surface area contributed by atoms with Crippen LogP contribution in [0.1, 0.15) is 0 Å². The Kier molecular flexibility index (Phi) is 2.87. The summed E-state index contributed by atoms with van der Waals surface area (Å²) in [5.41, 5.74) is 1.32. The van der Waals surface area contributed by atoms with Crippen molar-refractivity contribution in [1.82, 2.24) is 4.57 Å². The Morgan fingerprint density at radius 1 is 1.04 bits per heavy atom. The Labute approximate surface area is 131 Å². The molecule has 0 saturated carbocycles. The molecule has 6 nitrogen and oxygen atoms in total. The summed E-state index contributed by atoms with van der Waals surface area (Å²) in [6, 6.07) is 7.43. The lowest BCUT2D eigenvalue weighted by molar-refractivity contribution is 0.171. The van der Waals surface area contributed by atoms with Gasteiger partial charge in [0.2, 0.25) is 23.7 Å². The maximum absolute atomic E-state index is 13.0. The zero-order valence-electron chi connectivity index (χ0n) is 13.0. The van der Waals surface area contributed by atoms with E-state index in [1.54, 1.807) is 13.2 Å². The first-order chi connectivity index (χ1) is 11.2. The molecule has 118 valence electrons. The molecule has 1 aromatic heterocycles. The first-order valence-electron chi connectivity index (χ1n) is 7.14. The second-order valence-corrected chi connectivity index (χ2v) is 5.26. The van der Waals surface area contributed by atoms with Crippen molar-refractivity contribution < 1.29 is 18.9 Å². The molecule has 0 spiro atoms. The molecule has 2 aromatic carbocycles. The molecule has 6 heteroatoms. The summed E-state index contributed by atoms with van der Waals surface area (Å²) >= 11 is 0. The fraction of sp³-hybridized carbons (Fsp3) is 0.235. The first-order valence-corrected chi connectivity index (χ1v) is 7.14. The van der Waals surface area contributed by atoms with Gasteiger partial charge >= 0.3 is 0 Å². The molecule has 0 radical (unpaired) electrons. The lowest BCUT2D eigenvalue weighted by atomic mass is 10.1. The van der Waals surface area contributed by atoms with Gasteiger partial charge in [-0.1, -0.05) is 12.1 Å². The summed E-state index contributed by atoms with van der Waals surface area (Å²) in [6.07, 6.45) is 0. The SMILES string of the molecule is COc1c2c(c3c(=O)c4ccccc4n(C)c3c1OC)OCO2. The van der Waals surface area contributed by atoms with Gasteiger partial charge in [0.1, 0.15) is 5.52 Å². The normalized spacial score (nSPS) is 12.8. The van der Waals surface area contributed by atoms with Crippen LogP contribution < -0.4 is 24.4 Å². The van der Waals surface area contributed by atoms with Gasteiger partial charge in [0, 0.05) is 12.4 Å². The van der Waals surface area contributed by atoms with Crippen molar-refractivity contribution in [3.63, 3.8) is 0 Å². The molecule has 0 bridgehead atoms. The van der Waals surface area contributed by atoms with E-state index in [-0.39, 0.29) is 12.2 Å². The van der Waals surface area contributed by atoms with Gasteiger partial charge in [0.05, 0.1) is 25.1 Å². The van der Waals surface area contributed by atoms with E-state index < -0.39 is 0 Å². The van der Waals surface area contributed by atoms with E-state index in [2.05, 4.69) is 0 Å². The van der Waals surface area contributed by atoms with E-state index in [4.69, 9.17) is 18.9 Å². The number of fused-ring (bicyclic) bond motifs is 4. The Hall–Kier alpha value is -2.89. The Bertz CT molecular complexity index is 1010. The molecule has 2 heterocycles. The number of hydrogen-bond donors (Lipinski definition) is 0. The second kappa shape index (κ2) is 4.81. The van der Waals surface area contributed by atoms with Gasteiger partial charge in [-0.15, -0.1) is 0 Å². The van der Waals surface area contributed by atoms with Crippen molar-refractivity contribution >= 4 is 21.8 Å². The molecular weight excluding hydrogens is 298 g/mol. The number of ether oxygens (including phenoxy) is 4. The molecule has 3 aromatic rings. The van der Waals surface area contributed by atoms with Crippen LogP contribution in [0.15, 0.2) is 29.1 Å². The summed E-state index contributed by atoms with van der Waals surface area (Å²) in [6.45, 7) is 0.0456. The molecule has 23 heavy (non-hydrogen) atoms. The van der Waals surface area contributed by atoms with Crippen molar-refractivity contribution in [2.75, 3.05) is 21.0 Å². The predicted molar refractivity (Wildman–Crippen MR) is 85.9 cm³/mol. The summed E-state index contributed by atoms with van der Waals surface area (Å²) < 4.78 is 24.0. The van der Waals surface area contributed by atoms with Crippen LogP contribution in [0.3, 0.4) is 0 Å². The van der Waals surface area contributed by atoms with Gasteiger partial charge in [-0.2, -0.15) is 0 Å². The number of para-hydroxylation sites is 1. The average Bonchev–Trinajstić information content (AvgIpc) is 3.06. The van der Waals surface area contributed by atoms with E-state index in [0.717, 1.165) is 5.52 Å². The van der Waals surface area contributed by atoms with Crippen molar-refractivity contribution in [2.45, 2.75) is 0 Å². The third-order valence-electron chi connectivity index (χ3n) is 4.18. The van der Waals surface area contributed by atoms with E-state index in [1.165, 1.54) is 7.11 Å². The Morgan fingerprint density at radius 2 is 1.74 bits per heavy atom. The van der Waals surface area contributed by atoms with Gasteiger partial charge < -0.3 is 23.5 Å². The summed E-state index contributed by atoms with van der Waals surface area (Å²) in [5, 5.41) is 1.06. The van der Waals surface area contributed by atoms with Crippen molar-refractivity contribution in [3.8, 4) is 23.0 Å². The van der Waals surface area contributed by atoms with Crippen molar-refractivity contribution in [2.24, 2.45) is 7.05 Å². The monoisotopic (exact) mass is 313 g/mol. The number of aromatic nitrogens is 1. The maximum Gasteiger partial charge on any atom is 0.231 e. The number of methoxy groups -OCH3 is 2. The third kappa shape index (κ3) is 1.66. The number of benzene rings is 2. The minimum Gasteiger partial charge on any atom is -0.491 e. The number of pyridine rings is 1. The highest BCUT2D eigenvalue weighted by molar-refractivity contribution is 6.03. The standard InChI is InChI=1S/C17H15NO5/c1-18-10-7-5-4-6-9(10)13(19)11-12(18)15(20-2)16(21-3)17-14(11)22-8-23-17/h4-7H,8H2,1-3H3. The second-order valence-electron chi connectivity index (χ2n) is 5.26. The third-order valence-corrected chi connectivity index (χ3v) is 4.18. The van der Waals surface area contributed by atoms with Crippen LogP contribution in [-0.4, -0.2) is 25.6 Å². The van der Waals surface area contributed by atoms with E-state index in [0.29, 0.717) is 39.3 Å². The molecule has 0 saturated heterocycles. The van der Waals surface area contributed by atoms with Crippen LogP contribution >= 0.6 is 0 Å². The molecule has 0 atom stereocenters. The van der Waals surface area contributed by atoms with Gasteiger partial charge in [-0.3, -0.25) is 4.79 Å². The van der Waals surface area contributed by atoms with Crippen LogP contribution in [0, 0.1) is 0 Å². The quantitative estimate of drug-likeness (QED) is 0.680. The summed E-state index contributed by atoms with van der Waals surface area (Å²) in [5.74, 6) is 1.70. The van der Waals surface area contributed by atoms with Crippen molar-refractivity contribution in [3.05, 3.63) is 34.5 Å². The Morgan fingerprint density at radius 3 is 2.48 bits per heavy atom. The van der Waals surface area contributed by atoms with E-state index in [1.807, 2.05) is 29.8 Å². The van der Waals surface area contributed by atoms with Crippen molar-refractivity contribution in [1.29, 1.82) is 0 Å². The predicted octanol–water partition coefficient (Wildman–Crippen LogP) is 2.44. The number of rotatable bonds is 2. The summed E-state index contributed by atoms with van der Waals surface area (Å²) in [7, 11) is 4.96. The number of hydrogen-bond acceptors (Lipinski definition) is 5. The highest BCUT2D eigenvalue weighted by atomic mass is 16.7.